The molecule has 11 nitrogen and oxygen atoms in total. The monoisotopic (exact) mass is 573 g/mol. The lowest BCUT2D eigenvalue weighted by molar-refractivity contribution is -0.160. The van der Waals surface area contributed by atoms with Crippen LogP contribution < -0.4 is 14.9 Å². The van der Waals surface area contributed by atoms with Gasteiger partial charge in [-0.15, -0.1) is 0 Å². The van der Waals surface area contributed by atoms with E-state index in [0.717, 1.165) is 20.2 Å². The van der Waals surface area contributed by atoms with E-state index >= 15 is 4.39 Å². The summed E-state index contributed by atoms with van der Waals surface area (Å²) in [6.07, 6.45) is -2.90. The van der Waals surface area contributed by atoms with Crippen molar-refractivity contribution in [2.24, 2.45) is 0 Å². The minimum Gasteiger partial charge on any atom is -0.462 e. The molecule has 0 aliphatic heterocycles. The lowest BCUT2D eigenvalue weighted by Gasteiger charge is -2.37. The number of nitrogens with zero attached hydrogens (tertiary/aromatic N) is 1. The molecule has 2 radical (unpaired) electrons. The van der Waals surface area contributed by atoms with Gasteiger partial charge < -0.3 is 24.4 Å². The van der Waals surface area contributed by atoms with Crippen molar-refractivity contribution in [1.29, 1.82) is 0 Å². The lowest BCUT2D eigenvalue weighted by Crippen LogP contribution is -2.55. The van der Waals surface area contributed by atoms with Gasteiger partial charge in [0.25, 0.3) is 0 Å². The number of para-hydroxylation sites is 1. The van der Waals surface area contributed by atoms with E-state index in [9.17, 15) is 19.3 Å². The van der Waals surface area contributed by atoms with Crippen molar-refractivity contribution >= 4 is 45.2 Å². The molecule has 15 heteroatoms. The van der Waals surface area contributed by atoms with Crippen LogP contribution in [0.3, 0.4) is 0 Å². The highest BCUT2D eigenvalue weighted by Crippen LogP contribution is 2.45. The molecule has 1 aromatic carbocycles. The average Bonchev–Trinajstić information content (AvgIpc) is 2.86. The van der Waals surface area contributed by atoms with Crippen LogP contribution in [0, 0.1) is 0 Å². The van der Waals surface area contributed by atoms with E-state index in [1.54, 1.807) is 32.0 Å². The summed E-state index contributed by atoms with van der Waals surface area (Å²) in [5.41, 5.74) is -0.136. The van der Waals surface area contributed by atoms with Gasteiger partial charge in [-0.1, -0.05) is 30.4 Å². The summed E-state index contributed by atoms with van der Waals surface area (Å²) >= 11 is 4.96. The number of esters is 1. The number of methoxy groups -OCH3 is 1. The third-order valence-electron chi connectivity index (χ3n) is 5.02. The van der Waals surface area contributed by atoms with Crippen molar-refractivity contribution in [1.82, 2.24) is 15.3 Å². The Hall–Kier alpha value is -2.35. The highest BCUT2D eigenvalue weighted by Gasteiger charge is 2.44. The molecule has 0 aliphatic carbocycles. The Kier molecular flexibility index (Phi) is 13.6. The SMILES string of the molecule is [B]/C(=C/N(C=O)C(C)(F)C(O)C(COP(=O)(NC(C)C(=O)OC(C)C)Oc1ccccc1)OC)C(=S)NC. The van der Waals surface area contributed by atoms with Crippen molar-refractivity contribution in [3.05, 3.63) is 42.0 Å². The fourth-order valence-electron chi connectivity index (χ4n) is 2.90. The summed E-state index contributed by atoms with van der Waals surface area (Å²) in [6, 6.07) is 6.84. The molecule has 38 heavy (non-hydrogen) atoms. The number of benzene rings is 1. The van der Waals surface area contributed by atoms with Crippen LogP contribution in [0.15, 0.2) is 42.0 Å². The molecule has 0 fully saturated rings. The van der Waals surface area contributed by atoms with Crippen molar-refractivity contribution in [3.8, 4) is 5.75 Å². The average molecular weight is 573 g/mol. The third-order valence-corrected chi connectivity index (χ3v) is 7.10. The number of hydrogen-bond acceptors (Lipinski definition) is 9. The molecule has 3 N–H and O–H groups in total. The number of ether oxygens (including phenoxy) is 2. The summed E-state index contributed by atoms with van der Waals surface area (Å²) in [6.45, 7) is 4.92. The number of carbonyl (C=O) groups excluding carboxylic acids is 2. The van der Waals surface area contributed by atoms with Gasteiger partial charge in [-0.3, -0.25) is 19.0 Å². The molecule has 0 bridgehead atoms. The van der Waals surface area contributed by atoms with Gasteiger partial charge in [-0.05, 0) is 45.3 Å². The van der Waals surface area contributed by atoms with Crippen LogP contribution in [0.25, 0.3) is 0 Å². The van der Waals surface area contributed by atoms with Crippen LogP contribution in [0.4, 0.5) is 4.39 Å². The van der Waals surface area contributed by atoms with Gasteiger partial charge in [0, 0.05) is 20.4 Å². The van der Waals surface area contributed by atoms with Gasteiger partial charge in [0.15, 0.2) is 0 Å². The van der Waals surface area contributed by atoms with Crippen LogP contribution >= 0.6 is 20.0 Å². The summed E-state index contributed by atoms with van der Waals surface area (Å²) in [5, 5.41) is 15.8. The second-order valence-electron chi connectivity index (χ2n) is 8.45. The highest BCUT2D eigenvalue weighted by atomic mass is 32.1. The van der Waals surface area contributed by atoms with Crippen LogP contribution in [0.2, 0.25) is 0 Å². The normalized spacial score (nSPS) is 17.3. The first-order valence-electron chi connectivity index (χ1n) is 11.5. The molecule has 0 aromatic heterocycles. The molecule has 0 aliphatic rings. The van der Waals surface area contributed by atoms with Crippen molar-refractivity contribution in [2.45, 2.75) is 57.8 Å². The fourth-order valence-corrected chi connectivity index (χ4v) is 4.45. The number of aliphatic hydroxyl groups is 1. The Morgan fingerprint density at radius 2 is 1.92 bits per heavy atom. The maximum atomic E-state index is 15.7. The van der Waals surface area contributed by atoms with Gasteiger partial charge >= 0.3 is 13.7 Å². The number of rotatable bonds is 16. The first kappa shape index (κ1) is 33.7. The second kappa shape index (κ2) is 15.3. The van der Waals surface area contributed by atoms with Crippen molar-refractivity contribution < 1.29 is 42.2 Å². The van der Waals surface area contributed by atoms with Crippen LogP contribution in [0.5, 0.6) is 5.75 Å². The Morgan fingerprint density at radius 1 is 1.32 bits per heavy atom. The van der Waals surface area contributed by atoms with E-state index in [2.05, 4.69) is 10.4 Å². The molecular weight excluding hydrogens is 539 g/mol. The Bertz CT molecular complexity index is 1020. The number of hydrogen-bond donors (Lipinski definition) is 3. The molecule has 5 atom stereocenters. The first-order valence-corrected chi connectivity index (χ1v) is 13.5. The Balaban J connectivity index is 3.17. The number of aliphatic hydroxyl groups excluding tert-OH is 1. The molecule has 5 unspecified atom stereocenters. The van der Waals surface area contributed by atoms with Gasteiger partial charge in [0.2, 0.25) is 12.2 Å². The zero-order valence-corrected chi connectivity index (χ0v) is 23.8. The summed E-state index contributed by atoms with van der Waals surface area (Å²) in [7, 11) is 4.06. The quantitative estimate of drug-likeness (QED) is 0.0511. The van der Waals surface area contributed by atoms with E-state index < -0.39 is 50.5 Å². The molecule has 1 aromatic rings. The number of halogens is 1. The number of carbonyl (C=O) groups is 2. The number of thiocarbonyl (C=S) groups is 1. The molecule has 0 spiro atoms. The predicted octanol–water partition coefficient (Wildman–Crippen LogP) is 2.20. The summed E-state index contributed by atoms with van der Waals surface area (Å²) < 4.78 is 50.6. The van der Waals surface area contributed by atoms with Crippen LogP contribution in [0.1, 0.15) is 27.7 Å². The number of nitrogens with one attached hydrogen (secondary N) is 2. The highest BCUT2D eigenvalue weighted by molar-refractivity contribution is 7.80. The number of amides is 1. The molecule has 0 saturated heterocycles. The molecule has 210 valence electrons. The molecular formula is C23H34BFN3O8PS. The molecule has 1 rings (SSSR count). The maximum Gasteiger partial charge on any atom is 0.459 e. The van der Waals surface area contributed by atoms with E-state index in [0.29, 0.717) is 4.90 Å². The van der Waals surface area contributed by atoms with Gasteiger partial charge in [-0.25, -0.2) is 8.96 Å². The van der Waals surface area contributed by atoms with Gasteiger partial charge in [0.05, 0.1) is 17.7 Å². The van der Waals surface area contributed by atoms with Gasteiger partial charge in [-0.2, -0.15) is 5.09 Å². The zero-order valence-electron chi connectivity index (χ0n) is 22.1. The number of alkyl halides is 1. The van der Waals surface area contributed by atoms with E-state index in [4.69, 9.17) is 38.6 Å². The lowest BCUT2D eigenvalue weighted by atomic mass is 9.95. The maximum absolute atomic E-state index is 15.7. The smallest absolute Gasteiger partial charge is 0.459 e. The van der Waals surface area contributed by atoms with Crippen molar-refractivity contribution in [2.75, 3.05) is 20.8 Å². The third kappa shape index (κ3) is 10.1. The number of likely N-dealkylation sites (N-methyl/N-ethyl adjacent to an activating group) is 1. The predicted molar refractivity (Wildman–Crippen MR) is 144 cm³/mol. The van der Waals surface area contributed by atoms with E-state index in [-0.39, 0.29) is 22.6 Å². The molecule has 0 heterocycles. The molecule has 1 amide bonds. The Labute approximate surface area is 229 Å². The summed E-state index contributed by atoms with van der Waals surface area (Å²) in [5.74, 6) is -3.34. The standard InChI is InChI=1S/C23H34BFN3O8PS/c1-15(2)35-22(31)16(3)27-37(32,36-17-10-8-7-9-11-17)34-13-19(33-6)20(30)23(4,25)28(14-29)12-18(24)21(38)26-5/h7-12,14-16,19-20,30H,13H2,1-6H3,(H,26,38)(H,27,32)/b18-12+. The van der Waals surface area contributed by atoms with Gasteiger partial charge in [0.1, 0.15) is 31.8 Å². The Morgan fingerprint density at radius 3 is 2.42 bits per heavy atom. The zero-order chi connectivity index (χ0) is 29.1. The topological polar surface area (TPSA) is 136 Å². The first-order chi connectivity index (χ1) is 17.7. The second-order valence-corrected chi connectivity index (χ2v) is 10.6. The molecule has 0 saturated carbocycles. The fraction of sp³-hybridized carbons (Fsp3) is 0.522. The minimum absolute atomic E-state index is 0.0453. The minimum atomic E-state index is -4.33. The largest absolute Gasteiger partial charge is 0.462 e. The summed E-state index contributed by atoms with van der Waals surface area (Å²) in [4.78, 5) is 24.4. The van der Waals surface area contributed by atoms with Crippen molar-refractivity contribution in [3.63, 3.8) is 0 Å². The van der Waals surface area contributed by atoms with Crippen LogP contribution in [-0.2, 0) is 28.2 Å². The van der Waals surface area contributed by atoms with Crippen LogP contribution in [-0.4, -0.2) is 86.1 Å². The van der Waals surface area contributed by atoms with E-state index in [1.165, 1.54) is 26.1 Å². The van der Waals surface area contributed by atoms with E-state index in [1.807, 2.05) is 0 Å².